The smallest absolute Gasteiger partial charge is 0.315 e. The highest BCUT2D eigenvalue weighted by Gasteiger charge is 2.22. The molecule has 0 saturated carbocycles. The van der Waals surface area contributed by atoms with Crippen molar-refractivity contribution in [2.75, 3.05) is 6.61 Å². The fourth-order valence-electron chi connectivity index (χ4n) is 2.99. The first-order valence-corrected chi connectivity index (χ1v) is 10.2. The van der Waals surface area contributed by atoms with E-state index in [2.05, 4.69) is 16.0 Å². The molecule has 2 rings (SSSR count). The van der Waals surface area contributed by atoms with E-state index < -0.39 is 12.1 Å². The number of carbonyl (C=O) groups excluding carboxylic acids is 2. The summed E-state index contributed by atoms with van der Waals surface area (Å²) in [7, 11) is 0. The number of hydrogen-bond donors (Lipinski definition) is 3. The summed E-state index contributed by atoms with van der Waals surface area (Å²) in [5.74, 6) is 0.173. The molecule has 0 spiro atoms. The molecule has 30 heavy (non-hydrogen) atoms. The third kappa shape index (κ3) is 7.39. The molecule has 0 aliphatic carbocycles. The van der Waals surface area contributed by atoms with Gasteiger partial charge in [-0.15, -0.1) is 0 Å². The molecule has 0 bridgehead atoms. The van der Waals surface area contributed by atoms with Crippen molar-refractivity contribution in [3.05, 3.63) is 65.5 Å². The molecule has 2 aromatic rings. The zero-order chi connectivity index (χ0) is 21.9. The minimum absolute atomic E-state index is 0.235. The first-order valence-electron chi connectivity index (χ1n) is 10.2. The lowest BCUT2D eigenvalue weighted by atomic mass is 10.1. The van der Waals surface area contributed by atoms with Crippen LogP contribution in [-0.4, -0.2) is 24.6 Å². The summed E-state index contributed by atoms with van der Waals surface area (Å²) in [5.41, 5.74) is 1.69. The largest absolute Gasteiger partial charge is 0.494 e. The highest BCUT2D eigenvalue weighted by Crippen LogP contribution is 2.19. The summed E-state index contributed by atoms with van der Waals surface area (Å²) in [5, 5.41) is 8.38. The van der Waals surface area contributed by atoms with Gasteiger partial charge in [0.1, 0.15) is 17.6 Å². The fourth-order valence-corrected chi connectivity index (χ4v) is 2.99. The third-order valence-electron chi connectivity index (χ3n) is 4.59. The maximum atomic E-state index is 13.0. The van der Waals surface area contributed by atoms with Gasteiger partial charge in [-0.25, -0.2) is 9.18 Å². The quantitative estimate of drug-likeness (QED) is 0.547. The second kappa shape index (κ2) is 11.8. The van der Waals surface area contributed by atoms with Crippen molar-refractivity contribution in [1.82, 2.24) is 16.0 Å². The van der Waals surface area contributed by atoms with Gasteiger partial charge in [0.2, 0.25) is 5.91 Å². The van der Waals surface area contributed by atoms with E-state index >= 15 is 0 Å². The number of ether oxygens (including phenoxy) is 1. The van der Waals surface area contributed by atoms with Gasteiger partial charge >= 0.3 is 6.03 Å². The van der Waals surface area contributed by atoms with Crippen LogP contribution >= 0.6 is 0 Å². The summed E-state index contributed by atoms with van der Waals surface area (Å²) in [6, 6.07) is 12.1. The van der Waals surface area contributed by atoms with Crippen molar-refractivity contribution in [1.29, 1.82) is 0 Å². The fraction of sp³-hybridized carbons (Fsp3) is 0.391. The Bertz CT molecular complexity index is 827. The van der Waals surface area contributed by atoms with Crippen LogP contribution < -0.4 is 20.7 Å². The Morgan fingerprint density at radius 3 is 2.47 bits per heavy atom. The number of hydrogen-bond acceptors (Lipinski definition) is 3. The zero-order valence-corrected chi connectivity index (χ0v) is 17.7. The van der Waals surface area contributed by atoms with Gasteiger partial charge in [0.25, 0.3) is 0 Å². The van der Waals surface area contributed by atoms with Crippen LogP contribution in [0, 0.1) is 5.82 Å². The van der Waals surface area contributed by atoms with Crippen molar-refractivity contribution in [3.63, 3.8) is 0 Å². The van der Waals surface area contributed by atoms with Crippen molar-refractivity contribution in [3.8, 4) is 5.75 Å². The van der Waals surface area contributed by atoms with E-state index in [0.717, 1.165) is 23.3 Å². The first-order chi connectivity index (χ1) is 14.4. The van der Waals surface area contributed by atoms with Crippen LogP contribution in [0.5, 0.6) is 5.75 Å². The number of carbonyl (C=O) groups is 2. The molecule has 0 aliphatic heterocycles. The van der Waals surface area contributed by atoms with Crippen LogP contribution in [0.15, 0.2) is 48.5 Å². The van der Waals surface area contributed by atoms with Crippen LogP contribution in [0.3, 0.4) is 0 Å². The molecular formula is C23H30FN3O3. The standard InChI is InChI=1S/C23H30FN3O3/c1-4-7-21(27-23(29)25-15-17-10-12-19(24)13-11-17)22(28)26-16(3)18-8-6-9-20(14-18)30-5-2/h6,8-14,16,21H,4-5,7,15H2,1-3H3,(H,26,28)(H2,25,27,29). The lowest BCUT2D eigenvalue weighted by molar-refractivity contribution is -0.123. The molecule has 3 amide bonds. The van der Waals surface area contributed by atoms with Crippen LogP contribution in [0.1, 0.15) is 50.8 Å². The molecule has 162 valence electrons. The molecule has 2 unspecified atom stereocenters. The van der Waals surface area contributed by atoms with E-state index in [1.807, 2.05) is 45.0 Å². The Morgan fingerprint density at radius 1 is 1.07 bits per heavy atom. The van der Waals surface area contributed by atoms with E-state index in [-0.39, 0.29) is 24.3 Å². The average molecular weight is 416 g/mol. The van der Waals surface area contributed by atoms with Crippen molar-refractivity contribution in [2.45, 2.75) is 52.2 Å². The summed E-state index contributed by atoms with van der Waals surface area (Å²) in [6.45, 7) is 6.57. The maximum absolute atomic E-state index is 13.0. The molecule has 0 saturated heterocycles. The molecule has 0 aromatic heterocycles. The predicted octanol–water partition coefficient (Wildman–Crippen LogP) is 4.07. The average Bonchev–Trinajstić information content (AvgIpc) is 2.73. The number of halogens is 1. The third-order valence-corrected chi connectivity index (χ3v) is 4.59. The zero-order valence-electron chi connectivity index (χ0n) is 17.7. The minimum atomic E-state index is -0.652. The monoisotopic (exact) mass is 415 g/mol. The van der Waals surface area contributed by atoms with E-state index in [4.69, 9.17) is 4.74 Å². The lowest BCUT2D eigenvalue weighted by Crippen LogP contribution is -2.50. The SMILES string of the molecule is CCCC(NC(=O)NCc1ccc(F)cc1)C(=O)NC(C)c1cccc(OCC)c1. The van der Waals surface area contributed by atoms with Crippen LogP contribution in [0.25, 0.3) is 0 Å². The first kappa shape index (κ1) is 23.2. The Labute approximate surface area is 177 Å². The van der Waals surface area contributed by atoms with Gasteiger partial charge in [-0.1, -0.05) is 37.6 Å². The summed E-state index contributed by atoms with van der Waals surface area (Å²) in [6.07, 6.45) is 1.26. The van der Waals surface area contributed by atoms with Crippen molar-refractivity contribution in [2.24, 2.45) is 0 Å². The number of urea groups is 1. The predicted molar refractivity (Wildman–Crippen MR) is 115 cm³/mol. The molecule has 3 N–H and O–H groups in total. The Kier molecular flexibility index (Phi) is 9.12. The normalized spacial score (nSPS) is 12.5. The second-order valence-corrected chi connectivity index (χ2v) is 7.03. The van der Waals surface area contributed by atoms with E-state index in [1.165, 1.54) is 12.1 Å². The highest BCUT2D eigenvalue weighted by atomic mass is 19.1. The van der Waals surface area contributed by atoms with Gasteiger partial charge in [-0.3, -0.25) is 4.79 Å². The Balaban J connectivity index is 1.92. The highest BCUT2D eigenvalue weighted by molar-refractivity contribution is 5.87. The Morgan fingerprint density at radius 2 is 1.80 bits per heavy atom. The van der Waals surface area contributed by atoms with Gasteiger partial charge in [0.05, 0.1) is 12.6 Å². The molecule has 7 heteroatoms. The maximum Gasteiger partial charge on any atom is 0.315 e. The Hall–Kier alpha value is -3.09. The topological polar surface area (TPSA) is 79.5 Å². The van der Waals surface area contributed by atoms with Crippen LogP contribution in [0.4, 0.5) is 9.18 Å². The molecule has 0 fully saturated rings. The van der Waals surface area contributed by atoms with Gasteiger partial charge in [-0.05, 0) is 55.7 Å². The molecule has 2 aromatic carbocycles. The summed E-state index contributed by atoms with van der Waals surface area (Å²) < 4.78 is 18.5. The van der Waals surface area contributed by atoms with Crippen LogP contribution in [-0.2, 0) is 11.3 Å². The van der Waals surface area contributed by atoms with Crippen molar-refractivity contribution >= 4 is 11.9 Å². The number of nitrogens with one attached hydrogen (secondary N) is 3. The van der Waals surface area contributed by atoms with Gasteiger partial charge in [0, 0.05) is 6.54 Å². The van der Waals surface area contributed by atoms with Gasteiger partial charge in [-0.2, -0.15) is 0 Å². The minimum Gasteiger partial charge on any atom is -0.494 e. The van der Waals surface area contributed by atoms with Gasteiger partial charge < -0.3 is 20.7 Å². The summed E-state index contributed by atoms with van der Waals surface area (Å²) >= 11 is 0. The number of rotatable bonds is 10. The number of benzene rings is 2. The number of amides is 3. The van der Waals surface area contributed by atoms with E-state index in [1.54, 1.807) is 12.1 Å². The van der Waals surface area contributed by atoms with Crippen LogP contribution in [0.2, 0.25) is 0 Å². The lowest BCUT2D eigenvalue weighted by Gasteiger charge is -2.22. The molecule has 2 atom stereocenters. The molecule has 0 aliphatic rings. The molecule has 0 radical (unpaired) electrons. The second-order valence-electron chi connectivity index (χ2n) is 7.03. The molecule has 6 nitrogen and oxygen atoms in total. The molecular weight excluding hydrogens is 385 g/mol. The van der Waals surface area contributed by atoms with E-state index in [0.29, 0.717) is 13.0 Å². The van der Waals surface area contributed by atoms with E-state index in [9.17, 15) is 14.0 Å². The molecule has 0 heterocycles. The van der Waals surface area contributed by atoms with Crippen molar-refractivity contribution < 1.29 is 18.7 Å². The summed E-state index contributed by atoms with van der Waals surface area (Å²) in [4.78, 5) is 25.0. The van der Waals surface area contributed by atoms with Gasteiger partial charge in [0.15, 0.2) is 0 Å².